The maximum Gasteiger partial charge on any atom is 0.338 e. The van der Waals surface area contributed by atoms with Crippen molar-refractivity contribution in [1.82, 2.24) is 4.98 Å². The first kappa shape index (κ1) is 24.7. The van der Waals surface area contributed by atoms with E-state index in [1.54, 1.807) is 57.4 Å². The van der Waals surface area contributed by atoms with Crippen LogP contribution in [0.3, 0.4) is 0 Å². The number of hydrogen-bond acceptors (Lipinski definition) is 6. The molecule has 3 aromatic carbocycles. The molecule has 0 radical (unpaired) electrons. The topological polar surface area (TPSA) is 86.8 Å². The summed E-state index contributed by atoms with van der Waals surface area (Å²) in [5.41, 5.74) is 3.10. The van der Waals surface area contributed by atoms with Crippen molar-refractivity contribution >= 4 is 28.5 Å². The summed E-state index contributed by atoms with van der Waals surface area (Å²) in [7, 11) is 1.58. The summed E-state index contributed by atoms with van der Waals surface area (Å²) in [5, 5.41) is 3.17. The summed E-state index contributed by atoms with van der Waals surface area (Å²) in [6.07, 6.45) is 0. The number of nitrogens with zero attached hydrogens (tertiary/aromatic N) is 1. The molecular formula is C28H25FN2O5. The van der Waals surface area contributed by atoms with Crippen LogP contribution in [-0.4, -0.2) is 37.2 Å². The largest absolute Gasteiger partial charge is 0.497 e. The number of benzene rings is 3. The van der Waals surface area contributed by atoms with E-state index in [0.717, 1.165) is 5.56 Å². The zero-order valence-corrected chi connectivity index (χ0v) is 20.1. The molecule has 7 nitrogen and oxygen atoms in total. The molecule has 0 unspecified atom stereocenters. The number of esters is 1. The smallest absolute Gasteiger partial charge is 0.338 e. The number of carbonyl (C=O) groups excluding carboxylic acids is 2. The summed E-state index contributed by atoms with van der Waals surface area (Å²) in [6.45, 7) is 3.28. The van der Waals surface area contributed by atoms with E-state index in [1.807, 2.05) is 24.3 Å². The number of ether oxygens (including phenoxy) is 3. The van der Waals surface area contributed by atoms with Gasteiger partial charge in [-0.25, -0.2) is 14.2 Å². The van der Waals surface area contributed by atoms with Gasteiger partial charge in [-0.15, -0.1) is 0 Å². The fraction of sp³-hybridized carbons (Fsp3) is 0.179. The van der Waals surface area contributed by atoms with Gasteiger partial charge in [-0.05, 0) is 61.9 Å². The van der Waals surface area contributed by atoms with Crippen LogP contribution in [0.1, 0.15) is 22.8 Å². The van der Waals surface area contributed by atoms with Gasteiger partial charge in [0.1, 0.15) is 17.3 Å². The third-order valence-electron chi connectivity index (χ3n) is 5.46. The molecule has 4 rings (SSSR count). The standard InChI is InChI=1S/C28H25FN2O5/c1-4-35-28(33)19-9-11-24-22(13-19)26(15-25(31-24)18-6-5-7-21(12-18)34-3)36-16-27(32)30-20-10-8-17(2)23(29)14-20/h5-15H,4,16H2,1-3H3,(H,30,32). The van der Waals surface area contributed by atoms with Crippen LogP contribution in [0.25, 0.3) is 22.2 Å². The summed E-state index contributed by atoms with van der Waals surface area (Å²) in [5.74, 6) is -0.328. The van der Waals surface area contributed by atoms with E-state index in [4.69, 9.17) is 19.2 Å². The molecule has 1 amide bonds. The minimum Gasteiger partial charge on any atom is -0.497 e. The number of halogens is 1. The third kappa shape index (κ3) is 5.60. The molecule has 0 spiro atoms. The van der Waals surface area contributed by atoms with E-state index in [-0.39, 0.29) is 13.2 Å². The Morgan fingerprint density at radius 3 is 2.61 bits per heavy atom. The summed E-state index contributed by atoms with van der Waals surface area (Å²) in [4.78, 5) is 29.6. The summed E-state index contributed by atoms with van der Waals surface area (Å²) >= 11 is 0. The number of rotatable bonds is 8. The number of aromatic nitrogens is 1. The van der Waals surface area contributed by atoms with Crippen molar-refractivity contribution in [2.45, 2.75) is 13.8 Å². The van der Waals surface area contributed by atoms with Crippen molar-refractivity contribution in [3.05, 3.63) is 83.7 Å². The Morgan fingerprint density at radius 2 is 1.86 bits per heavy atom. The molecule has 184 valence electrons. The number of nitrogens with one attached hydrogen (secondary N) is 1. The van der Waals surface area contributed by atoms with Gasteiger partial charge in [0.05, 0.1) is 30.5 Å². The van der Waals surface area contributed by atoms with Crippen LogP contribution in [0.4, 0.5) is 10.1 Å². The van der Waals surface area contributed by atoms with Crippen LogP contribution in [0.2, 0.25) is 0 Å². The minimum atomic E-state index is -0.471. The predicted molar refractivity (Wildman–Crippen MR) is 135 cm³/mol. The first-order chi connectivity index (χ1) is 17.4. The maximum atomic E-state index is 13.8. The molecule has 36 heavy (non-hydrogen) atoms. The Hall–Kier alpha value is -4.46. The Kier molecular flexibility index (Phi) is 7.44. The monoisotopic (exact) mass is 488 g/mol. The molecule has 0 aliphatic rings. The number of hydrogen-bond donors (Lipinski definition) is 1. The highest BCUT2D eigenvalue weighted by Crippen LogP contribution is 2.32. The highest BCUT2D eigenvalue weighted by atomic mass is 19.1. The highest BCUT2D eigenvalue weighted by molar-refractivity contribution is 5.97. The number of pyridine rings is 1. The molecule has 0 atom stereocenters. The van der Waals surface area contributed by atoms with Crippen LogP contribution in [0.15, 0.2) is 66.7 Å². The second-order valence-electron chi connectivity index (χ2n) is 7.99. The molecule has 0 saturated carbocycles. The highest BCUT2D eigenvalue weighted by Gasteiger charge is 2.15. The van der Waals surface area contributed by atoms with Gasteiger partial charge >= 0.3 is 5.97 Å². The van der Waals surface area contributed by atoms with E-state index in [1.165, 1.54) is 6.07 Å². The maximum absolute atomic E-state index is 13.8. The molecular weight excluding hydrogens is 463 g/mol. The first-order valence-electron chi connectivity index (χ1n) is 11.3. The van der Waals surface area contributed by atoms with Gasteiger partial charge in [-0.3, -0.25) is 4.79 Å². The van der Waals surface area contributed by atoms with E-state index < -0.39 is 17.7 Å². The van der Waals surface area contributed by atoms with E-state index in [0.29, 0.717) is 44.9 Å². The van der Waals surface area contributed by atoms with Crippen LogP contribution in [0, 0.1) is 12.7 Å². The Balaban J connectivity index is 1.67. The zero-order valence-electron chi connectivity index (χ0n) is 20.1. The van der Waals surface area contributed by atoms with Crippen LogP contribution in [0.5, 0.6) is 11.5 Å². The molecule has 0 aliphatic heterocycles. The van der Waals surface area contributed by atoms with Crippen molar-refractivity contribution in [3.63, 3.8) is 0 Å². The van der Waals surface area contributed by atoms with Crippen molar-refractivity contribution in [2.75, 3.05) is 25.6 Å². The first-order valence-corrected chi connectivity index (χ1v) is 11.3. The lowest BCUT2D eigenvalue weighted by molar-refractivity contribution is -0.118. The molecule has 0 bridgehead atoms. The van der Waals surface area contributed by atoms with Gasteiger partial charge in [0.2, 0.25) is 0 Å². The molecule has 1 N–H and O–H groups in total. The normalized spacial score (nSPS) is 10.7. The lowest BCUT2D eigenvalue weighted by Gasteiger charge is -2.13. The van der Waals surface area contributed by atoms with Crippen LogP contribution < -0.4 is 14.8 Å². The van der Waals surface area contributed by atoms with E-state index in [2.05, 4.69) is 5.32 Å². The number of carbonyl (C=O) groups is 2. The number of aryl methyl sites for hydroxylation is 1. The molecule has 0 aliphatic carbocycles. The molecule has 1 aromatic heterocycles. The van der Waals surface area contributed by atoms with Gasteiger partial charge in [0.15, 0.2) is 6.61 Å². The van der Waals surface area contributed by atoms with Crippen molar-refractivity contribution in [2.24, 2.45) is 0 Å². The average Bonchev–Trinajstić information content (AvgIpc) is 2.89. The Bertz CT molecular complexity index is 1440. The fourth-order valence-corrected chi connectivity index (χ4v) is 3.60. The molecule has 4 aromatic rings. The van der Waals surface area contributed by atoms with Gasteiger partial charge < -0.3 is 19.5 Å². The predicted octanol–water partition coefficient (Wildman–Crippen LogP) is 5.55. The fourth-order valence-electron chi connectivity index (χ4n) is 3.60. The molecule has 1 heterocycles. The SMILES string of the molecule is CCOC(=O)c1ccc2nc(-c3cccc(OC)c3)cc(OCC(=O)Nc3ccc(C)c(F)c3)c2c1. The second kappa shape index (κ2) is 10.9. The lowest BCUT2D eigenvalue weighted by Crippen LogP contribution is -2.20. The Morgan fingerprint density at radius 1 is 1.03 bits per heavy atom. The number of anilines is 1. The van der Waals surface area contributed by atoms with Gasteiger partial charge in [0, 0.05) is 22.7 Å². The van der Waals surface area contributed by atoms with Crippen molar-refractivity contribution in [3.8, 4) is 22.8 Å². The zero-order chi connectivity index (χ0) is 25.7. The number of fused-ring (bicyclic) bond motifs is 1. The second-order valence-corrected chi connectivity index (χ2v) is 7.99. The van der Waals surface area contributed by atoms with E-state index >= 15 is 0 Å². The van der Waals surface area contributed by atoms with Gasteiger partial charge in [-0.2, -0.15) is 0 Å². The van der Waals surface area contributed by atoms with Gasteiger partial charge in [0.25, 0.3) is 5.91 Å². The quantitative estimate of drug-likeness (QED) is 0.327. The molecule has 0 fully saturated rings. The number of amides is 1. The number of methoxy groups -OCH3 is 1. The van der Waals surface area contributed by atoms with Crippen LogP contribution >= 0.6 is 0 Å². The van der Waals surface area contributed by atoms with E-state index in [9.17, 15) is 14.0 Å². The summed E-state index contributed by atoms with van der Waals surface area (Å²) < 4.78 is 30.2. The van der Waals surface area contributed by atoms with Crippen LogP contribution in [-0.2, 0) is 9.53 Å². The lowest BCUT2D eigenvalue weighted by atomic mass is 10.1. The minimum absolute atomic E-state index is 0.243. The molecule has 8 heteroatoms. The third-order valence-corrected chi connectivity index (χ3v) is 5.46. The summed E-state index contributed by atoms with van der Waals surface area (Å²) in [6, 6.07) is 18.5. The van der Waals surface area contributed by atoms with Crippen molar-refractivity contribution < 1.29 is 28.2 Å². The Labute approximate surface area is 207 Å². The van der Waals surface area contributed by atoms with Crippen molar-refractivity contribution in [1.29, 1.82) is 0 Å². The molecule has 0 saturated heterocycles. The van der Waals surface area contributed by atoms with Gasteiger partial charge in [-0.1, -0.05) is 18.2 Å². The average molecular weight is 489 g/mol.